The second kappa shape index (κ2) is 8.90. The Morgan fingerprint density at radius 1 is 0.882 bits per heavy atom. The average molecular weight is 241 g/mol. The molecule has 2 rings (SSSR count). The predicted octanol–water partition coefficient (Wildman–Crippen LogP) is 1.65. The van der Waals surface area contributed by atoms with E-state index in [0.717, 1.165) is 5.92 Å². The molecule has 0 radical (unpaired) electrons. The summed E-state index contributed by atoms with van der Waals surface area (Å²) in [5, 5.41) is 3.40. The van der Waals surface area contributed by atoms with E-state index in [-0.39, 0.29) is 0 Å². The Balaban J connectivity index is 0.000000686. The van der Waals surface area contributed by atoms with Crippen molar-refractivity contribution in [3.8, 4) is 0 Å². The molecule has 0 aliphatic carbocycles. The molecule has 1 N–H and O–H groups in total. The van der Waals surface area contributed by atoms with Crippen molar-refractivity contribution in [2.45, 2.75) is 33.6 Å². The largest absolute Gasteiger partial charge is 0.314 e. The van der Waals surface area contributed by atoms with Crippen molar-refractivity contribution in [2.75, 3.05) is 52.4 Å². The molecule has 2 saturated heterocycles. The van der Waals surface area contributed by atoms with Gasteiger partial charge in [0.2, 0.25) is 0 Å². The SMILES string of the molecule is CC.CC1CCN(CCN2CCNCC2)CC1. The number of rotatable bonds is 3. The Labute approximate surface area is 108 Å². The molecule has 0 amide bonds. The van der Waals surface area contributed by atoms with Crippen LogP contribution >= 0.6 is 0 Å². The Morgan fingerprint density at radius 2 is 1.35 bits per heavy atom. The molecule has 0 unspecified atom stereocenters. The standard InChI is InChI=1S/C12H25N3.C2H6/c1-12-2-6-14(7-3-12)10-11-15-8-4-13-5-9-15;1-2/h12-13H,2-11H2,1H3;1-2H3. The zero-order chi connectivity index (χ0) is 12.5. The summed E-state index contributed by atoms with van der Waals surface area (Å²) in [6.45, 7) is 16.4. The van der Waals surface area contributed by atoms with Crippen LogP contribution in [0.2, 0.25) is 0 Å². The van der Waals surface area contributed by atoms with Crippen molar-refractivity contribution in [3.63, 3.8) is 0 Å². The highest BCUT2D eigenvalue weighted by molar-refractivity contribution is 4.73. The van der Waals surface area contributed by atoms with E-state index in [1.165, 1.54) is 65.2 Å². The van der Waals surface area contributed by atoms with Gasteiger partial charge in [0.15, 0.2) is 0 Å². The summed E-state index contributed by atoms with van der Waals surface area (Å²) in [5.74, 6) is 0.959. The second-order valence-electron chi connectivity index (χ2n) is 5.12. The minimum atomic E-state index is 0.959. The highest BCUT2D eigenvalue weighted by atomic mass is 15.2. The molecular weight excluding hydrogens is 210 g/mol. The Hall–Kier alpha value is -0.120. The first-order valence-corrected chi connectivity index (χ1v) is 7.50. The summed E-state index contributed by atoms with van der Waals surface area (Å²) in [4.78, 5) is 5.23. The van der Waals surface area contributed by atoms with Crippen molar-refractivity contribution in [1.29, 1.82) is 0 Å². The third-order valence-corrected chi connectivity index (χ3v) is 3.82. The van der Waals surface area contributed by atoms with Gasteiger partial charge in [-0.15, -0.1) is 0 Å². The monoisotopic (exact) mass is 241 g/mol. The van der Waals surface area contributed by atoms with Gasteiger partial charge in [-0.05, 0) is 31.8 Å². The van der Waals surface area contributed by atoms with E-state index in [4.69, 9.17) is 0 Å². The zero-order valence-corrected chi connectivity index (χ0v) is 12.0. The molecule has 0 aromatic rings. The smallest absolute Gasteiger partial charge is 0.0110 e. The van der Waals surface area contributed by atoms with Crippen LogP contribution in [0.25, 0.3) is 0 Å². The van der Waals surface area contributed by atoms with Gasteiger partial charge in [0.1, 0.15) is 0 Å². The van der Waals surface area contributed by atoms with E-state index in [9.17, 15) is 0 Å². The van der Waals surface area contributed by atoms with Crippen molar-refractivity contribution in [2.24, 2.45) is 5.92 Å². The number of nitrogens with one attached hydrogen (secondary N) is 1. The summed E-state index contributed by atoms with van der Waals surface area (Å²) in [7, 11) is 0. The first kappa shape index (κ1) is 14.9. The number of hydrogen-bond acceptors (Lipinski definition) is 3. The molecule has 2 aliphatic heterocycles. The van der Waals surface area contributed by atoms with Crippen LogP contribution in [0.4, 0.5) is 0 Å². The summed E-state index contributed by atoms with van der Waals surface area (Å²) >= 11 is 0. The van der Waals surface area contributed by atoms with E-state index in [1.54, 1.807) is 0 Å². The third-order valence-electron chi connectivity index (χ3n) is 3.82. The predicted molar refractivity (Wildman–Crippen MR) is 75.5 cm³/mol. The molecule has 0 saturated carbocycles. The first-order chi connectivity index (χ1) is 8.34. The summed E-state index contributed by atoms with van der Waals surface area (Å²) in [6, 6.07) is 0. The van der Waals surface area contributed by atoms with Crippen molar-refractivity contribution >= 4 is 0 Å². The van der Waals surface area contributed by atoms with Crippen LogP contribution in [0.1, 0.15) is 33.6 Å². The van der Waals surface area contributed by atoms with E-state index in [2.05, 4.69) is 22.0 Å². The van der Waals surface area contributed by atoms with Gasteiger partial charge in [0, 0.05) is 39.3 Å². The van der Waals surface area contributed by atoms with Gasteiger partial charge in [-0.2, -0.15) is 0 Å². The fourth-order valence-electron chi connectivity index (χ4n) is 2.50. The molecule has 0 atom stereocenters. The van der Waals surface area contributed by atoms with Gasteiger partial charge in [-0.3, -0.25) is 4.90 Å². The molecule has 0 bridgehead atoms. The van der Waals surface area contributed by atoms with Crippen LogP contribution in [-0.2, 0) is 0 Å². The van der Waals surface area contributed by atoms with Crippen LogP contribution in [-0.4, -0.2) is 62.2 Å². The molecule has 0 aromatic heterocycles. The Kier molecular flexibility index (Phi) is 7.82. The number of piperazine rings is 1. The van der Waals surface area contributed by atoms with Gasteiger partial charge in [-0.1, -0.05) is 20.8 Å². The van der Waals surface area contributed by atoms with Gasteiger partial charge < -0.3 is 10.2 Å². The molecule has 0 spiro atoms. The van der Waals surface area contributed by atoms with Crippen LogP contribution in [0.3, 0.4) is 0 Å². The summed E-state index contributed by atoms with van der Waals surface area (Å²) < 4.78 is 0. The number of likely N-dealkylation sites (tertiary alicyclic amines) is 1. The molecular formula is C14H31N3. The van der Waals surface area contributed by atoms with Crippen LogP contribution in [0.15, 0.2) is 0 Å². The lowest BCUT2D eigenvalue weighted by molar-refractivity contribution is 0.153. The van der Waals surface area contributed by atoms with Crippen molar-refractivity contribution in [3.05, 3.63) is 0 Å². The lowest BCUT2D eigenvalue weighted by atomic mass is 9.99. The maximum atomic E-state index is 3.40. The van der Waals surface area contributed by atoms with Crippen molar-refractivity contribution in [1.82, 2.24) is 15.1 Å². The van der Waals surface area contributed by atoms with E-state index >= 15 is 0 Å². The van der Waals surface area contributed by atoms with E-state index in [1.807, 2.05) is 13.8 Å². The normalized spacial score (nSPS) is 24.2. The lowest BCUT2D eigenvalue weighted by Crippen LogP contribution is -2.47. The van der Waals surface area contributed by atoms with E-state index < -0.39 is 0 Å². The Bertz CT molecular complexity index is 170. The van der Waals surface area contributed by atoms with Gasteiger partial charge in [0.25, 0.3) is 0 Å². The summed E-state index contributed by atoms with van der Waals surface area (Å²) in [6.07, 6.45) is 2.81. The molecule has 0 aromatic carbocycles. The number of hydrogen-bond donors (Lipinski definition) is 1. The highest BCUT2D eigenvalue weighted by Crippen LogP contribution is 2.15. The maximum Gasteiger partial charge on any atom is 0.0110 e. The topological polar surface area (TPSA) is 18.5 Å². The number of piperidine rings is 1. The quantitative estimate of drug-likeness (QED) is 0.810. The maximum absolute atomic E-state index is 3.40. The van der Waals surface area contributed by atoms with Crippen LogP contribution in [0.5, 0.6) is 0 Å². The molecule has 3 heteroatoms. The molecule has 2 heterocycles. The van der Waals surface area contributed by atoms with E-state index in [0.29, 0.717) is 0 Å². The lowest BCUT2D eigenvalue weighted by Gasteiger charge is -2.33. The van der Waals surface area contributed by atoms with Gasteiger partial charge >= 0.3 is 0 Å². The zero-order valence-electron chi connectivity index (χ0n) is 12.0. The highest BCUT2D eigenvalue weighted by Gasteiger charge is 2.16. The Morgan fingerprint density at radius 3 is 1.88 bits per heavy atom. The first-order valence-electron chi connectivity index (χ1n) is 7.50. The van der Waals surface area contributed by atoms with Gasteiger partial charge in [0.05, 0.1) is 0 Å². The fourth-order valence-corrected chi connectivity index (χ4v) is 2.50. The van der Waals surface area contributed by atoms with Crippen LogP contribution in [0, 0.1) is 5.92 Å². The van der Waals surface area contributed by atoms with Crippen molar-refractivity contribution < 1.29 is 0 Å². The molecule has 2 aliphatic rings. The van der Waals surface area contributed by atoms with Gasteiger partial charge in [-0.25, -0.2) is 0 Å². The third kappa shape index (κ3) is 5.84. The second-order valence-corrected chi connectivity index (χ2v) is 5.12. The molecule has 17 heavy (non-hydrogen) atoms. The number of nitrogens with zero attached hydrogens (tertiary/aromatic N) is 2. The minimum absolute atomic E-state index is 0.959. The molecule has 102 valence electrons. The molecule has 3 nitrogen and oxygen atoms in total. The van der Waals surface area contributed by atoms with Crippen LogP contribution < -0.4 is 5.32 Å². The molecule has 2 fully saturated rings. The average Bonchev–Trinajstić information content (AvgIpc) is 2.42. The fraction of sp³-hybridized carbons (Fsp3) is 1.00. The summed E-state index contributed by atoms with van der Waals surface area (Å²) in [5.41, 5.74) is 0. The minimum Gasteiger partial charge on any atom is -0.314 e.